The average molecular weight is 315 g/mol. The van der Waals surface area contributed by atoms with E-state index < -0.39 is 0 Å². The first kappa shape index (κ1) is 15.9. The highest BCUT2D eigenvalue weighted by atomic mass is 35.5. The first-order chi connectivity index (χ1) is 10.6. The van der Waals surface area contributed by atoms with Gasteiger partial charge in [-0.05, 0) is 36.8 Å². The largest absolute Gasteiger partial charge is 0.484 e. The Bertz CT molecular complexity index is 710. The van der Waals surface area contributed by atoms with E-state index in [9.17, 15) is 4.79 Å². The smallest absolute Gasteiger partial charge is 0.258 e. The van der Waals surface area contributed by atoms with Crippen molar-refractivity contribution >= 4 is 17.5 Å². The molecular weight excluding hydrogens is 300 g/mol. The fourth-order valence-electron chi connectivity index (χ4n) is 1.99. The number of carbonyl (C=O) groups is 1. The maximum Gasteiger partial charge on any atom is 0.258 e. The van der Waals surface area contributed by atoms with Crippen LogP contribution < -0.4 is 10.1 Å². The molecule has 112 valence electrons. The van der Waals surface area contributed by atoms with Gasteiger partial charge in [-0.1, -0.05) is 35.9 Å². The van der Waals surface area contributed by atoms with Crippen LogP contribution in [-0.4, -0.2) is 12.5 Å². The lowest BCUT2D eigenvalue weighted by molar-refractivity contribution is -0.123. The Morgan fingerprint density at radius 2 is 2.09 bits per heavy atom. The van der Waals surface area contributed by atoms with E-state index in [-0.39, 0.29) is 18.6 Å². The Morgan fingerprint density at radius 3 is 2.82 bits per heavy atom. The number of amides is 1. The van der Waals surface area contributed by atoms with Gasteiger partial charge in [-0.3, -0.25) is 4.79 Å². The van der Waals surface area contributed by atoms with E-state index in [2.05, 4.69) is 5.32 Å². The van der Waals surface area contributed by atoms with Crippen molar-refractivity contribution in [2.75, 3.05) is 6.61 Å². The third kappa shape index (κ3) is 4.24. The van der Waals surface area contributed by atoms with E-state index in [0.29, 0.717) is 16.3 Å². The number of halogens is 1. The molecule has 2 rings (SSSR count). The third-order valence-corrected chi connectivity index (χ3v) is 3.43. The lowest BCUT2D eigenvalue weighted by Crippen LogP contribution is -2.31. The number of hydrogen-bond donors (Lipinski definition) is 1. The molecule has 0 aliphatic heterocycles. The van der Waals surface area contributed by atoms with Crippen molar-refractivity contribution in [3.05, 3.63) is 64.7 Å². The Kier molecular flexibility index (Phi) is 5.40. The summed E-state index contributed by atoms with van der Waals surface area (Å²) in [6, 6.07) is 15.8. The molecular formula is C17H15ClN2O2. The zero-order valence-electron chi connectivity index (χ0n) is 12.0. The average Bonchev–Trinajstić information content (AvgIpc) is 2.53. The summed E-state index contributed by atoms with van der Waals surface area (Å²) in [6.45, 7) is 1.74. The van der Waals surface area contributed by atoms with Crippen molar-refractivity contribution in [2.45, 2.75) is 13.0 Å². The van der Waals surface area contributed by atoms with Crippen LogP contribution in [0.1, 0.15) is 24.1 Å². The molecule has 0 aliphatic rings. The van der Waals surface area contributed by atoms with Gasteiger partial charge >= 0.3 is 0 Å². The molecule has 0 radical (unpaired) electrons. The van der Waals surface area contributed by atoms with Crippen molar-refractivity contribution in [3.8, 4) is 11.8 Å². The summed E-state index contributed by atoms with van der Waals surface area (Å²) in [5.74, 6) is 0.231. The highest BCUT2D eigenvalue weighted by Crippen LogP contribution is 2.22. The summed E-state index contributed by atoms with van der Waals surface area (Å²) in [5, 5.41) is 12.2. The SMILES string of the molecule is CC(NC(=O)COc1cccc(C#N)c1)c1ccccc1Cl. The number of nitriles is 1. The Balaban J connectivity index is 1.90. The van der Waals surface area contributed by atoms with Gasteiger partial charge in [-0.15, -0.1) is 0 Å². The first-order valence-electron chi connectivity index (χ1n) is 6.77. The quantitative estimate of drug-likeness (QED) is 0.919. The molecule has 1 N–H and O–H groups in total. The van der Waals surface area contributed by atoms with E-state index >= 15 is 0 Å². The predicted octanol–water partition coefficient (Wildman–Crippen LogP) is 3.47. The number of nitrogens with zero attached hydrogens (tertiary/aromatic N) is 1. The Hall–Kier alpha value is -2.51. The molecule has 22 heavy (non-hydrogen) atoms. The maximum atomic E-state index is 11.9. The molecule has 0 saturated heterocycles. The molecule has 0 bridgehead atoms. The number of ether oxygens (including phenoxy) is 1. The van der Waals surface area contributed by atoms with Crippen LogP contribution >= 0.6 is 11.6 Å². The fraction of sp³-hybridized carbons (Fsp3) is 0.176. The minimum atomic E-state index is -0.255. The topological polar surface area (TPSA) is 62.1 Å². The molecule has 0 spiro atoms. The monoisotopic (exact) mass is 314 g/mol. The van der Waals surface area contributed by atoms with Crippen LogP contribution in [0.3, 0.4) is 0 Å². The fourth-order valence-corrected chi connectivity index (χ4v) is 2.29. The Labute approximate surface area is 134 Å². The number of hydrogen-bond acceptors (Lipinski definition) is 3. The summed E-state index contributed by atoms with van der Waals surface area (Å²) in [7, 11) is 0. The molecule has 0 fully saturated rings. The first-order valence-corrected chi connectivity index (χ1v) is 7.14. The molecule has 0 aliphatic carbocycles. The predicted molar refractivity (Wildman–Crippen MR) is 84.7 cm³/mol. The number of carbonyl (C=O) groups excluding carboxylic acids is 1. The van der Waals surface area contributed by atoms with Crippen LogP contribution in [0.25, 0.3) is 0 Å². The van der Waals surface area contributed by atoms with Crippen molar-refractivity contribution < 1.29 is 9.53 Å². The number of nitrogens with one attached hydrogen (secondary N) is 1. The van der Waals surface area contributed by atoms with Crippen LogP contribution in [0, 0.1) is 11.3 Å². The van der Waals surface area contributed by atoms with Gasteiger partial charge in [-0.2, -0.15) is 5.26 Å². The maximum absolute atomic E-state index is 11.9. The second kappa shape index (κ2) is 7.48. The van der Waals surface area contributed by atoms with Gasteiger partial charge in [0.25, 0.3) is 5.91 Å². The molecule has 2 aromatic rings. The van der Waals surface area contributed by atoms with E-state index in [4.69, 9.17) is 21.6 Å². The van der Waals surface area contributed by atoms with Gasteiger partial charge in [0.1, 0.15) is 5.75 Å². The van der Waals surface area contributed by atoms with E-state index in [0.717, 1.165) is 5.56 Å². The molecule has 5 heteroatoms. The van der Waals surface area contributed by atoms with E-state index in [1.807, 2.05) is 31.2 Å². The van der Waals surface area contributed by atoms with Crippen molar-refractivity contribution in [1.82, 2.24) is 5.32 Å². The zero-order chi connectivity index (χ0) is 15.9. The third-order valence-electron chi connectivity index (χ3n) is 3.08. The van der Waals surface area contributed by atoms with Crippen molar-refractivity contribution in [3.63, 3.8) is 0 Å². The standard InChI is InChI=1S/C17H15ClN2O2/c1-12(15-7-2-3-8-16(15)18)20-17(21)11-22-14-6-4-5-13(9-14)10-19/h2-9,12H,11H2,1H3,(H,20,21). The summed E-state index contributed by atoms with van der Waals surface area (Å²) >= 11 is 6.10. The molecule has 4 nitrogen and oxygen atoms in total. The molecule has 0 aromatic heterocycles. The van der Waals surface area contributed by atoms with Gasteiger partial charge in [0.15, 0.2) is 6.61 Å². The van der Waals surface area contributed by atoms with E-state index in [1.165, 1.54) is 0 Å². The van der Waals surface area contributed by atoms with Crippen LogP contribution in [0.5, 0.6) is 5.75 Å². The van der Waals surface area contributed by atoms with Crippen molar-refractivity contribution in [2.24, 2.45) is 0 Å². The van der Waals surface area contributed by atoms with Crippen LogP contribution in [-0.2, 0) is 4.79 Å². The zero-order valence-corrected chi connectivity index (χ0v) is 12.8. The second-order valence-electron chi connectivity index (χ2n) is 4.74. The van der Waals surface area contributed by atoms with Gasteiger partial charge in [-0.25, -0.2) is 0 Å². The molecule has 0 heterocycles. The molecule has 1 atom stereocenters. The normalized spacial score (nSPS) is 11.3. The number of benzene rings is 2. The lowest BCUT2D eigenvalue weighted by Gasteiger charge is -2.16. The summed E-state index contributed by atoms with van der Waals surface area (Å²) in [6.07, 6.45) is 0. The van der Waals surface area contributed by atoms with E-state index in [1.54, 1.807) is 30.3 Å². The molecule has 0 saturated carbocycles. The second-order valence-corrected chi connectivity index (χ2v) is 5.15. The summed E-state index contributed by atoms with van der Waals surface area (Å²) in [5.41, 5.74) is 1.34. The van der Waals surface area contributed by atoms with Crippen molar-refractivity contribution in [1.29, 1.82) is 5.26 Å². The van der Waals surface area contributed by atoms with Gasteiger partial charge < -0.3 is 10.1 Å². The van der Waals surface area contributed by atoms with Crippen LogP contribution in [0.2, 0.25) is 5.02 Å². The summed E-state index contributed by atoms with van der Waals surface area (Å²) in [4.78, 5) is 11.9. The minimum absolute atomic E-state index is 0.121. The number of rotatable bonds is 5. The van der Waals surface area contributed by atoms with Gasteiger partial charge in [0.05, 0.1) is 17.7 Å². The highest BCUT2D eigenvalue weighted by molar-refractivity contribution is 6.31. The summed E-state index contributed by atoms with van der Waals surface area (Å²) < 4.78 is 5.38. The van der Waals surface area contributed by atoms with Gasteiger partial charge in [0, 0.05) is 5.02 Å². The van der Waals surface area contributed by atoms with Crippen LogP contribution in [0.15, 0.2) is 48.5 Å². The Morgan fingerprint density at radius 1 is 1.32 bits per heavy atom. The molecule has 1 amide bonds. The lowest BCUT2D eigenvalue weighted by atomic mass is 10.1. The highest BCUT2D eigenvalue weighted by Gasteiger charge is 2.12. The molecule has 2 aromatic carbocycles. The minimum Gasteiger partial charge on any atom is -0.484 e. The van der Waals surface area contributed by atoms with Gasteiger partial charge in [0.2, 0.25) is 0 Å². The molecule has 1 unspecified atom stereocenters. The van der Waals surface area contributed by atoms with Crippen LogP contribution in [0.4, 0.5) is 0 Å².